The summed E-state index contributed by atoms with van der Waals surface area (Å²) in [6.45, 7) is 4.00. The van der Waals surface area contributed by atoms with Crippen molar-refractivity contribution in [2.24, 2.45) is 0 Å². The Labute approximate surface area is 199 Å². The van der Waals surface area contributed by atoms with Gasteiger partial charge in [-0.05, 0) is 66.8 Å². The molecule has 0 radical (unpaired) electrons. The molecule has 0 unspecified atom stereocenters. The maximum Gasteiger partial charge on any atom is 0.262 e. The van der Waals surface area contributed by atoms with Gasteiger partial charge in [-0.15, -0.1) is 0 Å². The van der Waals surface area contributed by atoms with Crippen molar-refractivity contribution in [1.82, 2.24) is 4.31 Å². The first-order valence-electron chi connectivity index (χ1n) is 11.0. The Morgan fingerprint density at radius 3 is 2.41 bits per heavy atom. The summed E-state index contributed by atoms with van der Waals surface area (Å²) in [6, 6.07) is 12.1. The van der Waals surface area contributed by atoms with Crippen molar-refractivity contribution in [2.45, 2.75) is 62.8 Å². The number of hydrogen-bond donors (Lipinski definition) is 1. The molecular weight excluding hydrogens is 492 g/mol. The van der Waals surface area contributed by atoms with Crippen LogP contribution >= 0.6 is 15.9 Å². The minimum atomic E-state index is -3.55. The number of rotatable bonds is 8. The predicted octanol–water partition coefficient (Wildman–Crippen LogP) is 5.54. The number of carbonyl (C=O) groups excluding carboxylic acids is 1. The molecule has 6 nitrogen and oxygen atoms in total. The fraction of sp³-hybridized carbons (Fsp3) is 0.458. The molecule has 0 spiro atoms. The summed E-state index contributed by atoms with van der Waals surface area (Å²) in [5.41, 5.74) is 1.54. The number of ether oxygens (including phenoxy) is 1. The van der Waals surface area contributed by atoms with Crippen molar-refractivity contribution in [3.8, 4) is 5.75 Å². The van der Waals surface area contributed by atoms with Crippen LogP contribution in [0.4, 0.5) is 5.69 Å². The summed E-state index contributed by atoms with van der Waals surface area (Å²) in [6.07, 6.45) is 5.11. The first-order chi connectivity index (χ1) is 15.2. The van der Waals surface area contributed by atoms with Crippen molar-refractivity contribution in [3.05, 3.63) is 52.5 Å². The zero-order valence-corrected chi connectivity index (χ0v) is 21.2. The van der Waals surface area contributed by atoms with Crippen molar-refractivity contribution < 1.29 is 17.9 Å². The van der Waals surface area contributed by atoms with Gasteiger partial charge in [0.05, 0.1) is 4.90 Å². The number of hydrogen-bond acceptors (Lipinski definition) is 4. The second-order valence-corrected chi connectivity index (χ2v) is 11.4. The highest BCUT2D eigenvalue weighted by Gasteiger charge is 2.28. The van der Waals surface area contributed by atoms with Gasteiger partial charge in [0.25, 0.3) is 5.91 Å². The molecule has 0 heterocycles. The summed E-state index contributed by atoms with van der Waals surface area (Å²) in [5, 5.41) is 2.76. The molecule has 32 heavy (non-hydrogen) atoms. The maximum atomic E-state index is 13.0. The average molecular weight is 523 g/mol. The van der Waals surface area contributed by atoms with E-state index in [1.54, 1.807) is 19.2 Å². The van der Waals surface area contributed by atoms with Gasteiger partial charge in [0, 0.05) is 23.2 Å². The van der Waals surface area contributed by atoms with Gasteiger partial charge in [0.1, 0.15) is 5.75 Å². The Kier molecular flexibility index (Phi) is 8.36. The van der Waals surface area contributed by atoms with Gasteiger partial charge < -0.3 is 10.1 Å². The highest BCUT2D eigenvalue weighted by Crippen LogP contribution is 2.30. The number of halogens is 1. The fourth-order valence-corrected chi connectivity index (χ4v) is 5.75. The number of nitrogens with zero attached hydrogens (tertiary/aromatic N) is 1. The third-order valence-corrected chi connectivity index (χ3v) is 8.27. The van der Waals surface area contributed by atoms with Crippen LogP contribution in [0.5, 0.6) is 5.75 Å². The van der Waals surface area contributed by atoms with E-state index in [9.17, 15) is 13.2 Å². The third kappa shape index (κ3) is 6.11. The summed E-state index contributed by atoms with van der Waals surface area (Å²) < 4.78 is 34.1. The van der Waals surface area contributed by atoms with Crippen LogP contribution in [0, 0.1) is 0 Å². The standard InChI is InChI=1S/C24H31BrN2O4S/c1-17(2)22-15-18(25)9-14-23(22)31-16-24(28)26-19-10-12-21(13-11-19)32(29,30)27(3)20-7-5-4-6-8-20/h9-15,17,20H,4-8,16H2,1-3H3,(H,26,28). The molecule has 8 heteroatoms. The van der Waals surface area contributed by atoms with Crippen molar-refractivity contribution in [2.75, 3.05) is 19.0 Å². The molecule has 0 aliphatic heterocycles. The summed E-state index contributed by atoms with van der Waals surface area (Å²) in [4.78, 5) is 12.6. The van der Waals surface area contributed by atoms with E-state index in [1.807, 2.05) is 18.2 Å². The maximum absolute atomic E-state index is 13.0. The Bertz CT molecular complexity index is 1030. The Morgan fingerprint density at radius 2 is 1.78 bits per heavy atom. The van der Waals surface area contributed by atoms with Crippen molar-refractivity contribution in [3.63, 3.8) is 0 Å². The zero-order chi connectivity index (χ0) is 23.3. The van der Waals surface area contributed by atoms with Crippen LogP contribution in [0.3, 0.4) is 0 Å². The minimum absolute atomic E-state index is 0.0552. The molecule has 2 aromatic carbocycles. The lowest BCUT2D eigenvalue weighted by atomic mass is 9.96. The fourth-order valence-electron chi connectivity index (χ4n) is 3.96. The van der Waals surface area contributed by atoms with Crippen LogP contribution in [0.15, 0.2) is 51.8 Å². The Balaban J connectivity index is 1.60. The number of sulfonamides is 1. The smallest absolute Gasteiger partial charge is 0.262 e. The van der Waals surface area contributed by atoms with Gasteiger partial charge in [-0.25, -0.2) is 8.42 Å². The quantitative estimate of drug-likeness (QED) is 0.493. The van der Waals surface area contributed by atoms with E-state index < -0.39 is 10.0 Å². The number of anilines is 1. The van der Waals surface area contributed by atoms with Crippen LogP contribution in [0.1, 0.15) is 57.4 Å². The van der Waals surface area contributed by atoms with E-state index >= 15 is 0 Å². The van der Waals surface area contributed by atoms with Crippen molar-refractivity contribution >= 4 is 37.5 Å². The predicted molar refractivity (Wildman–Crippen MR) is 131 cm³/mol. The lowest BCUT2D eigenvalue weighted by molar-refractivity contribution is -0.118. The van der Waals surface area contributed by atoms with Crippen LogP contribution in [0.25, 0.3) is 0 Å². The van der Waals surface area contributed by atoms with Crippen molar-refractivity contribution in [1.29, 1.82) is 0 Å². The number of amides is 1. The van der Waals surface area contributed by atoms with E-state index in [0.717, 1.165) is 35.7 Å². The molecule has 1 saturated carbocycles. The molecule has 2 aromatic rings. The molecule has 1 amide bonds. The Hall–Kier alpha value is -1.90. The highest BCUT2D eigenvalue weighted by atomic mass is 79.9. The molecular formula is C24H31BrN2O4S. The molecule has 0 bridgehead atoms. The lowest BCUT2D eigenvalue weighted by Crippen LogP contribution is -2.38. The second kappa shape index (κ2) is 10.8. The first-order valence-corrected chi connectivity index (χ1v) is 13.2. The molecule has 3 rings (SSSR count). The topological polar surface area (TPSA) is 75.7 Å². The summed E-state index contributed by atoms with van der Waals surface area (Å²) >= 11 is 3.46. The van der Waals surface area contributed by atoms with Gasteiger partial charge in [0.15, 0.2) is 6.61 Å². The van der Waals surface area contributed by atoms with Gasteiger partial charge in [-0.2, -0.15) is 4.31 Å². The van der Waals surface area contributed by atoms with Gasteiger partial charge in [0.2, 0.25) is 10.0 Å². The molecule has 174 valence electrons. The molecule has 0 saturated heterocycles. The normalized spacial score (nSPS) is 15.2. The minimum Gasteiger partial charge on any atom is -0.483 e. The zero-order valence-electron chi connectivity index (χ0n) is 18.8. The molecule has 1 aliphatic carbocycles. The number of carbonyl (C=O) groups is 1. The summed E-state index contributed by atoms with van der Waals surface area (Å²) in [7, 11) is -1.90. The lowest BCUT2D eigenvalue weighted by Gasteiger charge is -2.30. The highest BCUT2D eigenvalue weighted by molar-refractivity contribution is 9.10. The van der Waals surface area contributed by atoms with Crippen LogP contribution in [-0.2, 0) is 14.8 Å². The Morgan fingerprint density at radius 1 is 1.12 bits per heavy atom. The molecule has 0 atom stereocenters. The van der Waals surface area contributed by atoms with E-state index in [1.165, 1.54) is 22.9 Å². The van der Waals surface area contributed by atoms with Crippen LogP contribution in [-0.4, -0.2) is 38.3 Å². The molecule has 1 aliphatic rings. The van der Waals surface area contributed by atoms with E-state index in [2.05, 4.69) is 35.1 Å². The largest absolute Gasteiger partial charge is 0.483 e. The van der Waals surface area contributed by atoms with Gasteiger partial charge in [-0.3, -0.25) is 4.79 Å². The summed E-state index contributed by atoms with van der Waals surface area (Å²) in [5.74, 6) is 0.620. The van der Waals surface area contributed by atoms with Crippen LogP contribution < -0.4 is 10.1 Å². The van der Waals surface area contributed by atoms with Gasteiger partial charge in [-0.1, -0.05) is 49.0 Å². The third-order valence-electron chi connectivity index (χ3n) is 5.86. The van der Waals surface area contributed by atoms with E-state index in [4.69, 9.17) is 4.74 Å². The number of benzene rings is 2. The molecule has 1 N–H and O–H groups in total. The SMILES string of the molecule is CC(C)c1cc(Br)ccc1OCC(=O)Nc1ccc(S(=O)(=O)N(C)C2CCCCC2)cc1. The first kappa shape index (κ1) is 24.7. The molecule has 1 fully saturated rings. The second-order valence-electron chi connectivity index (χ2n) is 8.51. The monoisotopic (exact) mass is 522 g/mol. The molecule has 0 aromatic heterocycles. The van der Waals surface area contributed by atoms with Crippen LogP contribution in [0.2, 0.25) is 0 Å². The average Bonchev–Trinajstić information content (AvgIpc) is 2.78. The van der Waals surface area contributed by atoms with Gasteiger partial charge >= 0.3 is 0 Å². The number of nitrogens with one attached hydrogen (secondary N) is 1. The van der Waals surface area contributed by atoms with E-state index in [-0.39, 0.29) is 29.4 Å². The van der Waals surface area contributed by atoms with E-state index in [0.29, 0.717) is 11.4 Å².